The van der Waals surface area contributed by atoms with Crippen LogP contribution in [0.1, 0.15) is 30.5 Å². The van der Waals surface area contributed by atoms with Crippen LogP contribution in [0, 0.1) is 13.8 Å². The van der Waals surface area contributed by atoms with E-state index in [1.165, 1.54) is 16.7 Å². The fourth-order valence-electron chi connectivity index (χ4n) is 1.96. The Kier molecular flexibility index (Phi) is 2.89. The Balaban J connectivity index is 2.46. The molecule has 1 aliphatic heterocycles. The molecule has 0 spiro atoms. The van der Waals surface area contributed by atoms with Gasteiger partial charge in [0, 0.05) is 5.33 Å². The third kappa shape index (κ3) is 1.53. The van der Waals surface area contributed by atoms with Crippen LogP contribution in [0.5, 0.6) is 0 Å². The summed E-state index contributed by atoms with van der Waals surface area (Å²) in [7, 11) is 0. The first-order valence-corrected chi connectivity index (χ1v) is 6.56. The number of alkyl halides is 1. The normalized spacial score (nSPS) is 27.6. The van der Waals surface area contributed by atoms with Gasteiger partial charge in [-0.15, -0.1) is 0 Å². The molecule has 0 aromatic heterocycles. The Morgan fingerprint density at radius 3 is 2.19 bits per heavy atom. The van der Waals surface area contributed by atoms with Crippen molar-refractivity contribution in [3.05, 3.63) is 34.9 Å². The molecule has 16 heavy (non-hydrogen) atoms. The zero-order valence-corrected chi connectivity index (χ0v) is 11.7. The lowest BCUT2D eigenvalue weighted by Crippen LogP contribution is -2.62. The van der Waals surface area contributed by atoms with Crippen molar-refractivity contribution in [2.75, 3.05) is 5.33 Å². The highest BCUT2D eigenvalue weighted by atomic mass is 79.9. The molecule has 0 saturated carbocycles. The summed E-state index contributed by atoms with van der Waals surface area (Å²) in [6, 6.07) is 6.43. The van der Waals surface area contributed by atoms with Crippen molar-refractivity contribution in [1.82, 2.24) is 0 Å². The molecule has 3 heteroatoms. The summed E-state index contributed by atoms with van der Waals surface area (Å²) in [6.45, 7) is 8.33. The van der Waals surface area contributed by atoms with E-state index in [0.29, 0.717) is 0 Å². The van der Waals surface area contributed by atoms with Gasteiger partial charge in [-0.05, 0) is 44.4 Å². The van der Waals surface area contributed by atoms with Crippen LogP contribution in [-0.4, -0.2) is 10.9 Å². The predicted octanol–water partition coefficient (Wildman–Crippen LogP) is 3.63. The number of halogens is 1. The zero-order valence-electron chi connectivity index (χ0n) is 10.1. The van der Waals surface area contributed by atoms with Gasteiger partial charge >= 0.3 is 0 Å². The Hall–Kier alpha value is -0.380. The highest BCUT2D eigenvalue weighted by molar-refractivity contribution is 9.09. The van der Waals surface area contributed by atoms with E-state index in [-0.39, 0.29) is 11.2 Å². The minimum atomic E-state index is -0.370. The van der Waals surface area contributed by atoms with Gasteiger partial charge in [-0.1, -0.05) is 34.1 Å². The Morgan fingerprint density at radius 1 is 1.12 bits per heavy atom. The molecule has 2 nitrogen and oxygen atoms in total. The maximum absolute atomic E-state index is 5.42. The Bertz CT molecular complexity index is 410. The summed E-state index contributed by atoms with van der Waals surface area (Å²) in [4.78, 5) is 10.6. The molecule has 1 unspecified atom stereocenters. The third-order valence-electron chi connectivity index (χ3n) is 3.53. The predicted molar refractivity (Wildman–Crippen MR) is 67.6 cm³/mol. The van der Waals surface area contributed by atoms with E-state index in [9.17, 15) is 0 Å². The second kappa shape index (κ2) is 3.83. The molecule has 0 aliphatic carbocycles. The fraction of sp³-hybridized carbons (Fsp3) is 0.538. The fourth-order valence-corrected chi connectivity index (χ4v) is 3.05. The first-order valence-electron chi connectivity index (χ1n) is 5.43. The van der Waals surface area contributed by atoms with E-state index >= 15 is 0 Å². The van der Waals surface area contributed by atoms with Crippen molar-refractivity contribution in [2.24, 2.45) is 0 Å². The zero-order chi connectivity index (χ0) is 12.0. The van der Waals surface area contributed by atoms with Gasteiger partial charge in [0.2, 0.25) is 0 Å². The SMILES string of the molecule is Cc1ccc(C2(CBr)OOC2(C)C)cc1C. The second-order valence-electron chi connectivity index (χ2n) is 4.94. The van der Waals surface area contributed by atoms with Gasteiger partial charge in [-0.25, -0.2) is 9.78 Å². The number of hydrogen-bond donors (Lipinski definition) is 0. The van der Waals surface area contributed by atoms with Crippen LogP contribution in [0.15, 0.2) is 18.2 Å². The molecular weight excluding hydrogens is 268 g/mol. The number of aryl methyl sites for hydroxylation is 2. The minimum absolute atomic E-state index is 0.293. The molecule has 2 rings (SSSR count). The standard InChI is InChI=1S/C13H17BrO2/c1-9-5-6-11(7-10(9)2)13(8-14)12(3,4)15-16-13/h5-7H,8H2,1-4H3. The van der Waals surface area contributed by atoms with Gasteiger partial charge in [0.25, 0.3) is 0 Å². The van der Waals surface area contributed by atoms with Crippen LogP contribution in [0.4, 0.5) is 0 Å². The van der Waals surface area contributed by atoms with Crippen LogP contribution < -0.4 is 0 Å². The van der Waals surface area contributed by atoms with Crippen LogP contribution in [0.2, 0.25) is 0 Å². The van der Waals surface area contributed by atoms with Gasteiger partial charge in [-0.2, -0.15) is 0 Å². The Labute approximate surface area is 105 Å². The van der Waals surface area contributed by atoms with E-state index in [2.05, 4.69) is 48.0 Å². The molecular formula is C13H17BrO2. The smallest absolute Gasteiger partial charge is 0.169 e. The molecule has 1 heterocycles. The molecule has 1 fully saturated rings. The molecule has 0 amide bonds. The van der Waals surface area contributed by atoms with Crippen molar-refractivity contribution in [3.8, 4) is 0 Å². The van der Waals surface area contributed by atoms with Gasteiger partial charge in [0.05, 0.1) is 0 Å². The third-order valence-corrected chi connectivity index (χ3v) is 4.32. The van der Waals surface area contributed by atoms with Crippen LogP contribution in [0.3, 0.4) is 0 Å². The van der Waals surface area contributed by atoms with Crippen molar-refractivity contribution in [2.45, 2.75) is 38.9 Å². The molecule has 1 aromatic rings. The van der Waals surface area contributed by atoms with Crippen molar-refractivity contribution < 1.29 is 9.78 Å². The first kappa shape index (κ1) is 12.1. The summed E-state index contributed by atoms with van der Waals surface area (Å²) in [5.74, 6) is 0. The highest BCUT2D eigenvalue weighted by Gasteiger charge is 2.58. The van der Waals surface area contributed by atoms with Gasteiger partial charge in [0.1, 0.15) is 5.60 Å². The van der Waals surface area contributed by atoms with Crippen molar-refractivity contribution in [3.63, 3.8) is 0 Å². The molecule has 0 bridgehead atoms. The van der Waals surface area contributed by atoms with E-state index in [4.69, 9.17) is 9.78 Å². The quantitative estimate of drug-likeness (QED) is 0.610. The highest BCUT2D eigenvalue weighted by Crippen LogP contribution is 2.49. The maximum atomic E-state index is 5.42. The number of benzene rings is 1. The van der Waals surface area contributed by atoms with Crippen LogP contribution >= 0.6 is 15.9 Å². The Morgan fingerprint density at radius 2 is 1.81 bits per heavy atom. The van der Waals surface area contributed by atoms with Gasteiger partial charge in [-0.3, -0.25) is 0 Å². The van der Waals surface area contributed by atoms with E-state index in [0.717, 1.165) is 5.33 Å². The molecule has 0 radical (unpaired) electrons. The molecule has 0 N–H and O–H groups in total. The van der Waals surface area contributed by atoms with E-state index in [1.807, 2.05) is 13.8 Å². The summed E-state index contributed by atoms with van der Waals surface area (Å²) in [6.07, 6.45) is 0. The average Bonchev–Trinajstić information content (AvgIpc) is 2.23. The lowest BCUT2D eigenvalue weighted by atomic mass is 9.79. The van der Waals surface area contributed by atoms with Crippen LogP contribution in [-0.2, 0) is 15.4 Å². The maximum Gasteiger partial charge on any atom is 0.169 e. The van der Waals surface area contributed by atoms with E-state index in [1.54, 1.807) is 0 Å². The number of hydrogen-bond acceptors (Lipinski definition) is 2. The number of rotatable bonds is 2. The van der Waals surface area contributed by atoms with Crippen molar-refractivity contribution >= 4 is 15.9 Å². The van der Waals surface area contributed by atoms with Crippen LogP contribution in [0.25, 0.3) is 0 Å². The lowest BCUT2D eigenvalue weighted by molar-refractivity contribution is -0.546. The monoisotopic (exact) mass is 284 g/mol. The van der Waals surface area contributed by atoms with Gasteiger partial charge in [0.15, 0.2) is 5.60 Å². The lowest BCUT2D eigenvalue weighted by Gasteiger charge is -2.52. The summed E-state index contributed by atoms with van der Waals surface area (Å²) in [5, 5.41) is 0.732. The van der Waals surface area contributed by atoms with E-state index < -0.39 is 0 Å². The largest absolute Gasteiger partial charge is 0.226 e. The van der Waals surface area contributed by atoms with Crippen molar-refractivity contribution in [1.29, 1.82) is 0 Å². The second-order valence-corrected chi connectivity index (χ2v) is 5.50. The summed E-state index contributed by atoms with van der Waals surface area (Å²) < 4.78 is 0. The molecule has 1 aromatic carbocycles. The average molecular weight is 285 g/mol. The molecule has 1 atom stereocenters. The molecule has 88 valence electrons. The summed E-state index contributed by atoms with van der Waals surface area (Å²) >= 11 is 3.53. The molecule has 1 aliphatic rings. The summed E-state index contributed by atoms with van der Waals surface area (Å²) in [5.41, 5.74) is 3.09. The molecule has 1 saturated heterocycles. The topological polar surface area (TPSA) is 18.5 Å². The minimum Gasteiger partial charge on any atom is -0.226 e. The van der Waals surface area contributed by atoms with Gasteiger partial charge < -0.3 is 0 Å². The first-order chi connectivity index (χ1) is 7.43.